The Balaban J connectivity index is 1.67. The molecule has 108 valence electrons. The van der Waals surface area contributed by atoms with Crippen LogP contribution >= 0.6 is 0 Å². The third-order valence-corrected chi connectivity index (χ3v) is 3.78. The zero-order chi connectivity index (χ0) is 15.2. The summed E-state index contributed by atoms with van der Waals surface area (Å²) in [6.45, 7) is 2.11. The van der Waals surface area contributed by atoms with Gasteiger partial charge < -0.3 is 0 Å². The summed E-state index contributed by atoms with van der Waals surface area (Å²) in [4.78, 5) is 0. The molecule has 0 radical (unpaired) electrons. The molecule has 0 unspecified atom stereocenters. The Kier molecular flexibility index (Phi) is 4.50. The first-order valence-corrected chi connectivity index (χ1v) is 7.67. The summed E-state index contributed by atoms with van der Waals surface area (Å²) in [5.74, 6) is 0. The zero-order valence-electron chi connectivity index (χ0n) is 12.9. The van der Waals surface area contributed by atoms with Crippen LogP contribution in [0.4, 0.5) is 0 Å². The van der Waals surface area contributed by atoms with Gasteiger partial charge in [-0.1, -0.05) is 96.6 Å². The van der Waals surface area contributed by atoms with Gasteiger partial charge in [0.05, 0.1) is 0 Å². The maximum absolute atomic E-state index is 2.21. The summed E-state index contributed by atoms with van der Waals surface area (Å²) in [5.41, 5.74) is 6.46. The summed E-state index contributed by atoms with van der Waals surface area (Å²) in [5, 5.41) is 0. The van der Waals surface area contributed by atoms with E-state index in [-0.39, 0.29) is 0 Å². The van der Waals surface area contributed by atoms with Crippen molar-refractivity contribution in [3.8, 4) is 0 Å². The van der Waals surface area contributed by atoms with E-state index in [2.05, 4.69) is 97.9 Å². The maximum atomic E-state index is 2.21. The van der Waals surface area contributed by atoms with E-state index < -0.39 is 0 Å². The standard InChI is InChI=1S/C22H20/c1-18-7-9-19(10-8-18)11-12-20-13-15-22(16-14-20)17-21-5-3-2-4-6-21/h2-16H,17H2,1H3. The molecule has 0 aromatic heterocycles. The van der Waals surface area contributed by atoms with Crippen molar-refractivity contribution >= 4 is 12.2 Å². The lowest BCUT2D eigenvalue weighted by Crippen LogP contribution is -1.87. The average Bonchev–Trinajstić information content (AvgIpc) is 2.57. The molecule has 22 heavy (non-hydrogen) atoms. The van der Waals surface area contributed by atoms with Crippen LogP contribution in [-0.2, 0) is 6.42 Å². The van der Waals surface area contributed by atoms with Gasteiger partial charge in [0.25, 0.3) is 0 Å². The van der Waals surface area contributed by atoms with Crippen molar-refractivity contribution in [2.75, 3.05) is 0 Å². The van der Waals surface area contributed by atoms with Gasteiger partial charge in [-0.05, 0) is 35.6 Å². The normalized spacial score (nSPS) is 11.0. The number of hydrogen-bond donors (Lipinski definition) is 0. The van der Waals surface area contributed by atoms with Crippen LogP contribution in [-0.4, -0.2) is 0 Å². The molecule has 0 fully saturated rings. The Bertz CT molecular complexity index is 732. The molecule has 0 aliphatic heterocycles. The number of hydrogen-bond acceptors (Lipinski definition) is 0. The van der Waals surface area contributed by atoms with Crippen LogP contribution in [0.5, 0.6) is 0 Å². The molecule has 0 saturated heterocycles. The molecule has 0 aliphatic rings. The Hall–Kier alpha value is -2.60. The van der Waals surface area contributed by atoms with Crippen molar-refractivity contribution in [1.82, 2.24) is 0 Å². The largest absolute Gasteiger partial charge is 0.0622 e. The minimum atomic E-state index is 0.989. The summed E-state index contributed by atoms with van der Waals surface area (Å²) in [6.07, 6.45) is 5.31. The Morgan fingerprint density at radius 1 is 0.591 bits per heavy atom. The first-order chi connectivity index (χ1) is 10.8. The molecule has 0 aliphatic carbocycles. The molecule has 0 N–H and O–H groups in total. The Morgan fingerprint density at radius 2 is 1.09 bits per heavy atom. The highest BCUT2D eigenvalue weighted by Crippen LogP contribution is 2.13. The average molecular weight is 284 g/mol. The minimum absolute atomic E-state index is 0.989. The second kappa shape index (κ2) is 6.91. The van der Waals surface area contributed by atoms with Gasteiger partial charge in [-0.15, -0.1) is 0 Å². The van der Waals surface area contributed by atoms with Crippen molar-refractivity contribution in [2.45, 2.75) is 13.3 Å². The van der Waals surface area contributed by atoms with Crippen LogP contribution < -0.4 is 0 Å². The molecule has 0 saturated carbocycles. The minimum Gasteiger partial charge on any atom is -0.0622 e. The fraction of sp³-hybridized carbons (Fsp3) is 0.0909. The van der Waals surface area contributed by atoms with Crippen LogP contribution in [0.2, 0.25) is 0 Å². The van der Waals surface area contributed by atoms with E-state index in [1.54, 1.807) is 0 Å². The van der Waals surface area contributed by atoms with Gasteiger partial charge in [-0.3, -0.25) is 0 Å². The summed E-state index contributed by atoms with van der Waals surface area (Å²) in [7, 11) is 0. The zero-order valence-corrected chi connectivity index (χ0v) is 12.9. The quantitative estimate of drug-likeness (QED) is 0.535. The predicted molar refractivity (Wildman–Crippen MR) is 95.8 cm³/mol. The van der Waals surface area contributed by atoms with Crippen molar-refractivity contribution in [3.63, 3.8) is 0 Å². The van der Waals surface area contributed by atoms with Crippen LogP contribution in [0, 0.1) is 6.92 Å². The van der Waals surface area contributed by atoms with Gasteiger partial charge in [0.1, 0.15) is 0 Å². The molecule has 0 heteroatoms. The Morgan fingerprint density at radius 3 is 1.68 bits per heavy atom. The second-order valence-corrected chi connectivity index (χ2v) is 5.65. The molecule has 0 nitrogen and oxygen atoms in total. The fourth-order valence-electron chi connectivity index (χ4n) is 2.45. The monoisotopic (exact) mass is 284 g/mol. The lowest BCUT2D eigenvalue weighted by atomic mass is 10.0. The highest BCUT2D eigenvalue weighted by atomic mass is 14.0. The first-order valence-electron chi connectivity index (χ1n) is 7.67. The fourth-order valence-corrected chi connectivity index (χ4v) is 2.45. The highest BCUT2D eigenvalue weighted by Gasteiger charge is 1.95. The van der Waals surface area contributed by atoms with E-state index >= 15 is 0 Å². The van der Waals surface area contributed by atoms with E-state index in [1.165, 1.54) is 27.8 Å². The molecule has 0 bridgehead atoms. The highest BCUT2D eigenvalue weighted by molar-refractivity contribution is 5.69. The van der Waals surface area contributed by atoms with E-state index in [9.17, 15) is 0 Å². The molecule has 3 aromatic carbocycles. The number of benzene rings is 3. The smallest absolute Gasteiger partial charge is 0.00258 e. The number of aryl methyl sites for hydroxylation is 1. The van der Waals surface area contributed by atoms with Gasteiger partial charge in [-0.2, -0.15) is 0 Å². The van der Waals surface area contributed by atoms with Crippen LogP contribution in [0.15, 0.2) is 78.9 Å². The lowest BCUT2D eigenvalue weighted by Gasteiger charge is -2.02. The summed E-state index contributed by atoms with van der Waals surface area (Å²) < 4.78 is 0. The molecular formula is C22H20. The van der Waals surface area contributed by atoms with Gasteiger partial charge >= 0.3 is 0 Å². The van der Waals surface area contributed by atoms with Crippen LogP contribution in [0.25, 0.3) is 12.2 Å². The van der Waals surface area contributed by atoms with Gasteiger partial charge in [0.15, 0.2) is 0 Å². The van der Waals surface area contributed by atoms with Gasteiger partial charge in [0.2, 0.25) is 0 Å². The topological polar surface area (TPSA) is 0 Å². The molecule has 0 spiro atoms. The summed E-state index contributed by atoms with van der Waals surface area (Å²) >= 11 is 0. The molecule has 0 amide bonds. The molecule has 0 atom stereocenters. The van der Waals surface area contributed by atoms with Crippen molar-refractivity contribution in [1.29, 1.82) is 0 Å². The third-order valence-electron chi connectivity index (χ3n) is 3.78. The van der Waals surface area contributed by atoms with E-state index in [0.717, 1.165) is 6.42 Å². The third kappa shape index (κ3) is 3.95. The van der Waals surface area contributed by atoms with Crippen molar-refractivity contribution < 1.29 is 0 Å². The van der Waals surface area contributed by atoms with E-state index in [4.69, 9.17) is 0 Å². The molecule has 3 aromatic rings. The van der Waals surface area contributed by atoms with Crippen molar-refractivity contribution in [2.24, 2.45) is 0 Å². The number of rotatable bonds is 4. The van der Waals surface area contributed by atoms with Crippen LogP contribution in [0.3, 0.4) is 0 Å². The van der Waals surface area contributed by atoms with Crippen molar-refractivity contribution in [3.05, 3.63) is 107 Å². The molecular weight excluding hydrogens is 264 g/mol. The lowest BCUT2D eigenvalue weighted by molar-refractivity contribution is 1.19. The summed E-state index contributed by atoms with van der Waals surface area (Å²) in [6, 6.07) is 28.0. The predicted octanol–water partition coefficient (Wildman–Crippen LogP) is 5.76. The van der Waals surface area contributed by atoms with Gasteiger partial charge in [-0.25, -0.2) is 0 Å². The maximum Gasteiger partial charge on any atom is -0.00258 e. The van der Waals surface area contributed by atoms with E-state index in [0.29, 0.717) is 0 Å². The SMILES string of the molecule is Cc1ccc(C=Cc2ccc(Cc3ccccc3)cc2)cc1. The molecule has 0 heterocycles. The van der Waals surface area contributed by atoms with Gasteiger partial charge in [0, 0.05) is 0 Å². The molecule has 3 rings (SSSR count). The van der Waals surface area contributed by atoms with Crippen LogP contribution in [0.1, 0.15) is 27.8 Å². The second-order valence-electron chi connectivity index (χ2n) is 5.65. The van der Waals surface area contributed by atoms with E-state index in [1.807, 2.05) is 0 Å². The Labute approximate surface area is 132 Å². The first kappa shape index (κ1) is 14.3.